The van der Waals surface area contributed by atoms with Crippen LogP contribution in [0, 0.1) is 17.5 Å². The number of halogens is 3. The van der Waals surface area contributed by atoms with Crippen LogP contribution in [0.5, 0.6) is 0 Å². The van der Waals surface area contributed by atoms with Gasteiger partial charge in [-0.25, -0.2) is 13.2 Å². The van der Waals surface area contributed by atoms with Gasteiger partial charge in [0.1, 0.15) is 17.5 Å². The van der Waals surface area contributed by atoms with Crippen LogP contribution >= 0.6 is 0 Å². The second-order valence-corrected chi connectivity index (χ2v) is 9.56. The maximum absolute atomic E-state index is 14.2. The van der Waals surface area contributed by atoms with Crippen molar-refractivity contribution in [1.29, 1.82) is 0 Å². The number of benzene rings is 2. The first-order valence-corrected chi connectivity index (χ1v) is 12.9. The first-order chi connectivity index (χ1) is 16.7. The zero-order valence-electron chi connectivity index (χ0n) is 21.8. The fourth-order valence-corrected chi connectivity index (χ4v) is 3.96. The molecule has 1 atom stereocenters. The van der Waals surface area contributed by atoms with Gasteiger partial charge in [0.25, 0.3) is 6.48 Å². The number of ether oxygens (including phenoxy) is 3. The van der Waals surface area contributed by atoms with Crippen LogP contribution < -0.4 is 0 Å². The molecule has 35 heavy (non-hydrogen) atoms. The van der Waals surface area contributed by atoms with Gasteiger partial charge in [-0.15, -0.1) is 0 Å². The standard InChI is InChI=1S/C29H41F3O3/c1-6-7-8-9-10-11-12-13-27(35-29(33-20(2)3)34-21(4)5)22-14-16-23(17-15-22)28-25(31)18-24(30)19-26(28)32/h14-21,27,29H,6-13H2,1-5H3. The molecule has 0 aliphatic carbocycles. The van der Waals surface area contributed by atoms with Gasteiger partial charge < -0.3 is 14.2 Å². The molecule has 0 N–H and O–H groups in total. The van der Waals surface area contributed by atoms with Gasteiger partial charge in [0, 0.05) is 12.1 Å². The average Bonchev–Trinajstić information content (AvgIpc) is 2.76. The number of hydrogen-bond acceptors (Lipinski definition) is 3. The lowest BCUT2D eigenvalue weighted by Crippen LogP contribution is -2.29. The van der Waals surface area contributed by atoms with E-state index in [1.807, 2.05) is 27.7 Å². The smallest absolute Gasteiger partial charge is 0.272 e. The highest BCUT2D eigenvalue weighted by molar-refractivity contribution is 5.65. The van der Waals surface area contributed by atoms with E-state index in [-0.39, 0.29) is 23.9 Å². The van der Waals surface area contributed by atoms with E-state index < -0.39 is 23.9 Å². The Balaban J connectivity index is 2.17. The Kier molecular flexibility index (Phi) is 12.8. The minimum Gasteiger partial charge on any atom is -0.327 e. The van der Waals surface area contributed by atoms with E-state index in [2.05, 4.69) is 6.92 Å². The van der Waals surface area contributed by atoms with Gasteiger partial charge in [0.05, 0.1) is 23.9 Å². The first-order valence-electron chi connectivity index (χ1n) is 12.9. The highest BCUT2D eigenvalue weighted by atomic mass is 19.1. The van der Waals surface area contributed by atoms with Crippen LogP contribution in [0.2, 0.25) is 0 Å². The summed E-state index contributed by atoms with van der Waals surface area (Å²) in [7, 11) is 0. The van der Waals surface area contributed by atoms with Crippen LogP contribution in [0.15, 0.2) is 36.4 Å². The van der Waals surface area contributed by atoms with E-state index in [0.717, 1.165) is 24.8 Å². The Labute approximate surface area is 209 Å². The summed E-state index contributed by atoms with van der Waals surface area (Å²) >= 11 is 0. The van der Waals surface area contributed by atoms with Gasteiger partial charge in [-0.1, -0.05) is 76.1 Å². The molecule has 6 heteroatoms. The predicted octanol–water partition coefficient (Wildman–Crippen LogP) is 9.10. The third-order valence-electron chi connectivity index (χ3n) is 5.69. The maximum atomic E-state index is 14.2. The second-order valence-electron chi connectivity index (χ2n) is 9.56. The summed E-state index contributed by atoms with van der Waals surface area (Å²) in [6.45, 7) is 9.08. The zero-order valence-corrected chi connectivity index (χ0v) is 21.8. The molecule has 1 unspecified atom stereocenters. The molecule has 0 aromatic heterocycles. The van der Waals surface area contributed by atoms with Crippen LogP contribution in [0.1, 0.15) is 97.7 Å². The normalized spacial score (nSPS) is 12.8. The van der Waals surface area contributed by atoms with Crippen molar-refractivity contribution >= 4 is 0 Å². The molecule has 0 saturated heterocycles. The molecule has 0 saturated carbocycles. The van der Waals surface area contributed by atoms with Crippen molar-refractivity contribution < 1.29 is 27.4 Å². The number of unbranched alkanes of at least 4 members (excludes halogenated alkanes) is 6. The Morgan fingerprint density at radius 1 is 0.686 bits per heavy atom. The van der Waals surface area contributed by atoms with Crippen LogP contribution in [0.3, 0.4) is 0 Å². The summed E-state index contributed by atoms with van der Waals surface area (Å²) in [5, 5.41) is 0. The minimum atomic E-state index is -0.940. The van der Waals surface area contributed by atoms with Crippen molar-refractivity contribution in [2.24, 2.45) is 0 Å². The van der Waals surface area contributed by atoms with Crippen molar-refractivity contribution in [2.45, 2.75) is 111 Å². The van der Waals surface area contributed by atoms with E-state index in [1.165, 1.54) is 32.1 Å². The third kappa shape index (κ3) is 10.3. The van der Waals surface area contributed by atoms with Crippen molar-refractivity contribution in [1.82, 2.24) is 0 Å². The summed E-state index contributed by atoms with van der Waals surface area (Å²) in [5.41, 5.74) is 0.964. The van der Waals surface area contributed by atoms with Crippen molar-refractivity contribution in [3.05, 3.63) is 59.4 Å². The highest BCUT2D eigenvalue weighted by Gasteiger charge is 2.22. The fourth-order valence-electron chi connectivity index (χ4n) is 3.96. The lowest BCUT2D eigenvalue weighted by Gasteiger charge is -2.28. The van der Waals surface area contributed by atoms with Gasteiger partial charge in [-0.3, -0.25) is 0 Å². The topological polar surface area (TPSA) is 27.7 Å². The van der Waals surface area contributed by atoms with Gasteiger partial charge in [-0.2, -0.15) is 0 Å². The molecule has 0 heterocycles. The van der Waals surface area contributed by atoms with Crippen molar-refractivity contribution in [3.63, 3.8) is 0 Å². The molecule has 2 rings (SSSR count). The Bertz CT molecular complexity index is 835. The van der Waals surface area contributed by atoms with E-state index in [4.69, 9.17) is 14.2 Å². The van der Waals surface area contributed by atoms with Gasteiger partial charge in [0.2, 0.25) is 0 Å². The Morgan fingerprint density at radius 2 is 1.20 bits per heavy atom. The monoisotopic (exact) mass is 494 g/mol. The summed E-state index contributed by atoms with van der Waals surface area (Å²) in [6, 6.07) is 8.25. The van der Waals surface area contributed by atoms with Gasteiger partial charge in [-0.05, 0) is 45.2 Å². The second kappa shape index (κ2) is 15.3. The minimum absolute atomic E-state index is 0.0789. The van der Waals surface area contributed by atoms with E-state index in [9.17, 15) is 13.2 Å². The Hall–Kier alpha value is -1.89. The molecule has 3 nitrogen and oxygen atoms in total. The number of hydrogen-bond donors (Lipinski definition) is 0. The van der Waals surface area contributed by atoms with Crippen LogP contribution in [0.4, 0.5) is 13.2 Å². The predicted molar refractivity (Wildman–Crippen MR) is 134 cm³/mol. The molecule has 0 radical (unpaired) electrons. The first kappa shape index (κ1) is 29.3. The third-order valence-corrected chi connectivity index (χ3v) is 5.69. The quantitative estimate of drug-likeness (QED) is 0.172. The van der Waals surface area contributed by atoms with Crippen LogP contribution in [-0.2, 0) is 14.2 Å². The van der Waals surface area contributed by atoms with Gasteiger partial charge >= 0.3 is 0 Å². The molecule has 0 fully saturated rings. The highest BCUT2D eigenvalue weighted by Crippen LogP contribution is 2.31. The molecule has 0 aliphatic heterocycles. The van der Waals surface area contributed by atoms with E-state index in [0.29, 0.717) is 17.7 Å². The summed E-state index contributed by atoms with van der Waals surface area (Å²) in [6.07, 6.45) is 8.58. The van der Waals surface area contributed by atoms with Gasteiger partial charge in [0.15, 0.2) is 0 Å². The van der Waals surface area contributed by atoms with E-state index in [1.54, 1.807) is 24.3 Å². The molecule has 2 aromatic carbocycles. The SMILES string of the molecule is CCCCCCCCCC(OC(OC(C)C)OC(C)C)c1ccc(-c2c(F)cc(F)cc2F)cc1. The molecule has 2 aromatic rings. The Morgan fingerprint density at radius 3 is 1.71 bits per heavy atom. The summed E-state index contributed by atoms with van der Waals surface area (Å²) < 4.78 is 59.8. The molecular formula is C29H41F3O3. The van der Waals surface area contributed by atoms with Crippen LogP contribution in [0.25, 0.3) is 11.1 Å². The lowest BCUT2D eigenvalue weighted by molar-refractivity contribution is -0.328. The lowest BCUT2D eigenvalue weighted by atomic mass is 9.98. The largest absolute Gasteiger partial charge is 0.327 e. The molecule has 0 spiro atoms. The molecule has 0 aliphatic rings. The molecule has 0 bridgehead atoms. The molecule has 0 amide bonds. The number of rotatable bonds is 16. The van der Waals surface area contributed by atoms with Crippen molar-refractivity contribution in [2.75, 3.05) is 0 Å². The maximum Gasteiger partial charge on any atom is 0.272 e. The molecular weight excluding hydrogens is 453 g/mol. The fraction of sp³-hybridized carbons (Fsp3) is 0.586. The van der Waals surface area contributed by atoms with Crippen LogP contribution in [-0.4, -0.2) is 18.7 Å². The van der Waals surface area contributed by atoms with Crippen molar-refractivity contribution in [3.8, 4) is 11.1 Å². The molecule has 196 valence electrons. The average molecular weight is 495 g/mol. The summed E-state index contributed by atoms with van der Waals surface area (Å²) in [5.74, 6) is -2.80. The zero-order chi connectivity index (χ0) is 25.8. The summed E-state index contributed by atoms with van der Waals surface area (Å²) in [4.78, 5) is 0. The van der Waals surface area contributed by atoms with E-state index >= 15 is 0 Å².